The normalized spacial score (nSPS) is 45.7. The van der Waals surface area contributed by atoms with Crippen LogP contribution in [-0.2, 0) is 23.8 Å². The second kappa shape index (κ2) is 7.96. The minimum atomic E-state index is -1.73. The number of Topliss-reactive ketones (excluding diaryl/α,β-unsaturated/α-hetero) is 1. The number of carbonyl (C=O) groups is 2. The van der Waals surface area contributed by atoms with Gasteiger partial charge in [0.2, 0.25) is 11.7 Å². The van der Waals surface area contributed by atoms with E-state index in [0.29, 0.717) is 31.8 Å². The minimum Gasteiger partial charge on any atom is -0.391 e. The lowest BCUT2D eigenvalue weighted by Crippen LogP contribution is -2.83. The highest BCUT2D eigenvalue weighted by Gasteiger charge is 2.86. The molecule has 8 heteroatoms. The van der Waals surface area contributed by atoms with E-state index in [1.165, 1.54) is 0 Å². The summed E-state index contributed by atoms with van der Waals surface area (Å²) in [4.78, 5) is 26.3. The summed E-state index contributed by atoms with van der Waals surface area (Å²) in [5.41, 5.74) is -1.88. The molecule has 34 heavy (non-hydrogen) atoms. The van der Waals surface area contributed by atoms with Gasteiger partial charge in [-0.05, 0) is 36.2 Å². The molecule has 8 atom stereocenters. The van der Waals surface area contributed by atoms with Crippen LogP contribution in [0.4, 0.5) is 0 Å². The number of methoxy groups -OCH3 is 1. The summed E-state index contributed by atoms with van der Waals surface area (Å²) >= 11 is 0. The number of nitrogens with one attached hydrogen (secondary N) is 1. The van der Waals surface area contributed by atoms with Gasteiger partial charge in [-0.1, -0.05) is 32.6 Å². The van der Waals surface area contributed by atoms with Crippen LogP contribution < -0.4 is 5.32 Å². The number of ketones is 1. The zero-order valence-electron chi connectivity index (χ0n) is 20.3. The molecule has 6 rings (SSSR count). The van der Waals surface area contributed by atoms with Crippen LogP contribution in [0.2, 0.25) is 0 Å². The summed E-state index contributed by atoms with van der Waals surface area (Å²) in [6, 6.07) is 0. The first-order valence-corrected chi connectivity index (χ1v) is 12.4. The molecule has 2 spiro atoms. The molecule has 6 aliphatic rings. The van der Waals surface area contributed by atoms with Gasteiger partial charge in [0.15, 0.2) is 5.78 Å². The van der Waals surface area contributed by atoms with Gasteiger partial charge in [0.1, 0.15) is 11.5 Å². The van der Waals surface area contributed by atoms with Gasteiger partial charge in [0.05, 0.1) is 32.3 Å². The number of hydrogen-bond acceptors (Lipinski definition) is 7. The van der Waals surface area contributed by atoms with Gasteiger partial charge in [-0.15, -0.1) is 0 Å². The van der Waals surface area contributed by atoms with Crippen molar-refractivity contribution in [3.05, 3.63) is 24.3 Å². The van der Waals surface area contributed by atoms with Gasteiger partial charge in [-0.3, -0.25) is 9.59 Å². The summed E-state index contributed by atoms with van der Waals surface area (Å²) in [6.45, 7) is 9.35. The molecule has 1 amide bonds. The fraction of sp³-hybridized carbons (Fsp3) is 0.769. The van der Waals surface area contributed by atoms with Crippen molar-refractivity contribution >= 4 is 11.7 Å². The molecule has 2 heterocycles. The Labute approximate surface area is 200 Å². The van der Waals surface area contributed by atoms with Crippen LogP contribution in [0, 0.1) is 34.0 Å². The molecule has 0 radical (unpaired) electrons. The highest BCUT2D eigenvalue weighted by Crippen LogP contribution is 2.76. The summed E-state index contributed by atoms with van der Waals surface area (Å²) in [6.07, 6.45) is 4.31. The van der Waals surface area contributed by atoms with Crippen molar-refractivity contribution in [2.45, 2.75) is 57.5 Å². The second-order valence-electron chi connectivity index (χ2n) is 11.4. The Hall–Kier alpha value is -1.58. The summed E-state index contributed by atoms with van der Waals surface area (Å²) in [5.74, 6) is -3.03. The van der Waals surface area contributed by atoms with Crippen molar-refractivity contribution < 1.29 is 34.0 Å². The van der Waals surface area contributed by atoms with E-state index in [2.05, 4.69) is 37.9 Å². The lowest BCUT2D eigenvalue weighted by atomic mass is 9.37. The van der Waals surface area contributed by atoms with Crippen LogP contribution in [0.15, 0.2) is 24.3 Å². The molecule has 3 saturated carbocycles. The van der Waals surface area contributed by atoms with E-state index < -0.39 is 28.8 Å². The lowest BCUT2D eigenvalue weighted by Gasteiger charge is -2.73. The van der Waals surface area contributed by atoms with E-state index in [0.717, 1.165) is 12.8 Å². The Kier molecular flexibility index (Phi) is 5.65. The highest BCUT2D eigenvalue weighted by atomic mass is 16.7. The lowest BCUT2D eigenvalue weighted by molar-refractivity contribution is -0.447. The number of aliphatic hydroxyl groups excluding tert-OH is 2. The largest absolute Gasteiger partial charge is 0.391 e. The van der Waals surface area contributed by atoms with Crippen LogP contribution in [0.5, 0.6) is 0 Å². The Morgan fingerprint density at radius 1 is 1.26 bits per heavy atom. The third kappa shape index (κ3) is 2.77. The van der Waals surface area contributed by atoms with Gasteiger partial charge in [0.25, 0.3) is 0 Å². The summed E-state index contributed by atoms with van der Waals surface area (Å²) in [7, 11) is 1.56. The SMILES string of the molecule is C=C1C(=O)[C@]23[C@H](O)[C@H]1CC[C@H]2[C@]12C=CCC(C)(C)[C@H]1[C@H](O)[C@@]3(OCCC(=O)NCCOC)OC2. The molecule has 2 saturated heterocycles. The van der Waals surface area contributed by atoms with Gasteiger partial charge in [-0.2, -0.15) is 0 Å². The molecule has 0 aromatic heterocycles. The van der Waals surface area contributed by atoms with Gasteiger partial charge >= 0.3 is 0 Å². The zero-order chi connectivity index (χ0) is 24.5. The fourth-order valence-electron chi connectivity index (χ4n) is 8.30. The highest BCUT2D eigenvalue weighted by molar-refractivity contribution is 6.05. The molecule has 0 aromatic carbocycles. The van der Waals surface area contributed by atoms with Crippen LogP contribution in [0.3, 0.4) is 0 Å². The third-order valence-corrected chi connectivity index (χ3v) is 9.51. The fourth-order valence-corrected chi connectivity index (χ4v) is 8.30. The van der Waals surface area contributed by atoms with Gasteiger partial charge in [0, 0.05) is 30.9 Å². The molecule has 5 fully saturated rings. The predicted molar refractivity (Wildman–Crippen MR) is 122 cm³/mol. The van der Waals surface area contributed by atoms with E-state index in [-0.39, 0.29) is 47.9 Å². The first-order chi connectivity index (χ1) is 16.1. The van der Waals surface area contributed by atoms with Crippen LogP contribution >= 0.6 is 0 Å². The summed E-state index contributed by atoms with van der Waals surface area (Å²) < 4.78 is 17.7. The van der Waals surface area contributed by atoms with Crippen molar-refractivity contribution in [3.63, 3.8) is 0 Å². The van der Waals surface area contributed by atoms with Crippen LogP contribution in [0.1, 0.15) is 39.5 Å². The quantitative estimate of drug-likeness (QED) is 0.289. The second-order valence-corrected chi connectivity index (χ2v) is 11.4. The Balaban J connectivity index is 1.55. The number of ether oxygens (including phenoxy) is 3. The van der Waals surface area contributed by atoms with Crippen molar-refractivity contribution in [1.29, 1.82) is 0 Å². The average Bonchev–Trinajstić information content (AvgIpc) is 2.89. The topological polar surface area (TPSA) is 114 Å². The number of rotatable bonds is 7. The molecular formula is C26H37NO7. The Morgan fingerprint density at radius 3 is 2.76 bits per heavy atom. The predicted octanol–water partition coefficient (Wildman–Crippen LogP) is 1.36. The van der Waals surface area contributed by atoms with E-state index >= 15 is 0 Å². The van der Waals surface area contributed by atoms with Gasteiger partial charge in [-0.25, -0.2) is 0 Å². The molecule has 3 N–H and O–H groups in total. The maximum atomic E-state index is 14.0. The molecule has 2 aliphatic heterocycles. The Morgan fingerprint density at radius 2 is 2.03 bits per heavy atom. The average molecular weight is 476 g/mol. The first kappa shape index (κ1) is 24.1. The molecule has 188 valence electrons. The number of fused-ring (bicyclic) bond motifs is 2. The summed E-state index contributed by atoms with van der Waals surface area (Å²) in [5, 5.41) is 26.4. The van der Waals surface area contributed by atoms with E-state index in [1.54, 1.807) is 7.11 Å². The van der Waals surface area contributed by atoms with Crippen molar-refractivity contribution in [3.8, 4) is 0 Å². The number of allylic oxidation sites excluding steroid dienone is 1. The Bertz CT molecular complexity index is 930. The van der Waals surface area contributed by atoms with Crippen molar-refractivity contribution in [1.82, 2.24) is 5.32 Å². The minimum absolute atomic E-state index is 0.0378. The molecular weight excluding hydrogens is 438 g/mol. The number of carbonyl (C=O) groups excluding carboxylic acids is 2. The van der Waals surface area contributed by atoms with Crippen molar-refractivity contribution in [2.75, 3.05) is 33.5 Å². The van der Waals surface area contributed by atoms with E-state index in [4.69, 9.17) is 14.2 Å². The third-order valence-electron chi connectivity index (χ3n) is 9.51. The maximum absolute atomic E-state index is 14.0. The number of amides is 1. The smallest absolute Gasteiger partial charge is 0.222 e. The first-order valence-electron chi connectivity index (χ1n) is 12.4. The standard InChI is InChI=1S/C26H37NO7/c1-15-16-6-7-17-24-10-5-9-23(2,3)19(24)22(31)26(34-14-24,25(17,20(15)29)21(16)30)33-12-8-18(28)27-11-13-32-4/h5,10,16-17,19,21-22,30-31H,1,6-9,11-14H2,2-4H3,(H,27,28)/t16-,17-,19+,21+,22-,24+,25-,26+/m0/s1. The molecule has 4 aliphatic carbocycles. The van der Waals surface area contributed by atoms with Crippen LogP contribution in [0.25, 0.3) is 0 Å². The van der Waals surface area contributed by atoms with E-state index in [9.17, 15) is 19.8 Å². The van der Waals surface area contributed by atoms with Crippen LogP contribution in [-0.4, -0.2) is 73.4 Å². The molecule has 8 nitrogen and oxygen atoms in total. The zero-order valence-corrected chi connectivity index (χ0v) is 20.3. The molecule has 0 aromatic rings. The van der Waals surface area contributed by atoms with Gasteiger partial charge < -0.3 is 29.7 Å². The molecule has 0 unspecified atom stereocenters. The number of hydrogen-bond donors (Lipinski definition) is 3. The number of aliphatic hydroxyl groups is 2. The molecule has 4 bridgehead atoms. The maximum Gasteiger partial charge on any atom is 0.222 e. The van der Waals surface area contributed by atoms with E-state index in [1.807, 2.05) is 0 Å². The van der Waals surface area contributed by atoms with Crippen molar-refractivity contribution in [2.24, 2.45) is 34.0 Å². The monoisotopic (exact) mass is 475 g/mol.